The van der Waals surface area contributed by atoms with E-state index in [0.717, 1.165) is 11.7 Å². The van der Waals surface area contributed by atoms with Gasteiger partial charge in [0.2, 0.25) is 0 Å². The number of nitrogens with one attached hydrogen (secondary N) is 1. The van der Waals surface area contributed by atoms with Crippen molar-refractivity contribution in [3.05, 3.63) is 29.8 Å². The highest BCUT2D eigenvalue weighted by Gasteiger charge is 2.30. The van der Waals surface area contributed by atoms with E-state index in [4.69, 9.17) is 4.74 Å². The number of ether oxygens (including phenoxy) is 1. The van der Waals surface area contributed by atoms with Gasteiger partial charge in [0.15, 0.2) is 0 Å². The molecule has 1 fully saturated rings. The third-order valence-electron chi connectivity index (χ3n) is 5.04. The van der Waals surface area contributed by atoms with E-state index in [1.807, 2.05) is 12.1 Å². The summed E-state index contributed by atoms with van der Waals surface area (Å²) in [5.74, 6) is 1.86. The summed E-state index contributed by atoms with van der Waals surface area (Å²) < 4.78 is 5.48. The monoisotopic (exact) mass is 289 g/mol. The molecule has 0 heterocycles. The van der Waals surface area contributed by atoms with Crippen LogP contribution in [0.2, 0.25) is 0 Å². The second-order valence-electron chi connectivity index (χ2n) is 7.54. The van der Waals surface area contributed by atoms with Crippen LogP contribution in [-0.2, 0) is 0 Å². The molecule has 0 aromatic heterocycles. The zero-order valence-corrected chi connectivity index (χ0v) is 14.3. The first-order chi connectivity index (χ1) is 9.91. The molecule has 0 amide bonds. The van der Waals surface area contributed by atoms with Gasteiger partial charge in [-0.1, -0.05) is 39.0 Å². The summed E-state index contributed by atoms with van der Waals surface area (Å²) in [4.78, 5) is 0. The van der Waals surface area contributed by atoms with E-state index >= 15 is 0 Å². The average molecular weight is 289 g/mol. The van der Waals surface area contributed by atoms with Gasteiger partial charge in [-0.2, -0.15) is 0 Å². The summed E-state index contributed by atoms with van der Waals surface area (Å²) in [5, 5.41) is 3.80. The standard InChI is InChI=1S/C19H31NO/c1-14(17-8-6-7-9-18(17)21-5)20-16-12-10-15(11-13-16)19(2,3)4/h6-9,14-16,20H,10-13H2,1-5H3. The Hall–Kier alpha value is -1.02. The van der Waals surface area contributed by atoms with Crippen molar-refractivity contribution in [2.75, 3.05) is 7.11 Å². The number of benzene rings is 1. The van der Waals surface area contributed by atoms with Gasteiger partial charge in [-0.15, -0.1) is 0 Å². The van der Waals surface area contributed by atoms with Gasteiger partial charge in [0.05, 0.1) is 7.11 Å². The van der Waals surface area contributed by atoms with E-state index in [-0.39, 0.29) is 0 Å². The van der Waals surface area contributed by atoms with E-state index < -0.39 is 0 Å². The van der Waals surface area contributed by atoms with Crippen LogP contribution >= 0.6 is 0 Å². The second kappa shape index (κ2) is 6.83. The number of hydrogen-bond donors (Lipinski definition) is 1. The Balaban J connectivity index is 1.91. The molecule has 0 bridgehead atoms. The molecule has 1 saturated carbocycles. The minimum atomic E-state index is 0.345. The van der Waals surface area contributed by atoms with Crippen LogP contribution in [0.25, 0.3) is 0 Å². The molecule has 1 unspecified atom stereocenters. The van der Waals surface area contributed by atoms with E-state index in [0.29, 0.717) is 17.5 Å². The number of para-hydroxylation sites is 1. The maximum absolute atomic E-state index is 5.48. The topological polar surface area (TPSA) is 21.3 Å². The lowest BCUT2D eigenvalue weighted by Crippen LogP contribution is -2.37. The van der Waals surface area contributed by atoms with Gasteiger partial charge in [0, 0.05) is 17.6 Å². The van der Waals surface area contributed by atoms with Crippen LogP contribution < -0.4 is 10.1 Å². The SMILES string of the molecule is COc1ccccc1C(C)NC1CCC(C(C)(C)C)CC1. The number of rotatable bonds is 4. The van der Waals surface area contributed by atoms with Crippen molar-refractivity contribution in [3.8, 4) is 5.75 Å². The predicted octanol–water partition coefficient (Wildman–Crippen LogP) is 4.95. The van der Waals surface area contributed by atoms with Crippen LogP contribution in [-0.4, -0.2) is 13.2 Å². The maximum atomic E-state index is 5.48. The number of hydrogen-bond acceptors (Lipinski definition) is 2. The molecule has 0 aliphatic heterocycles. The number of methoxy groups -OCH3 is 1. The molecule has 0 spiro atoms. The summed E-state index contributed by atoms with van der Waals surface area (Å²) in [7, 11) is 1.75. The Morgan fingerprint density at radius 3 is 2.29 bits per heavy atom. The van der Waals surface area contributed by atoms with Crippen molar-refractivity contribution in [1.29, 1.82) is 0 Å². The minimum Gasteiger partial charge on any atom is -0.496 e. The first-order valence-electron chi connectivity index (χ1n) is 8.30. The molecule has 1 N–H and O–H groups in total. The molecule has 1 aliphatic rings. The van der Waals surface area contributed by atoms with Gasteiger partial charge in [0.25, 0.3) is 0 Å². The third kappa shape index (κ3) is 4.23. The van der Waals surface area contributed by atoms with Crippen LogP contribution in [0.15, 0.2) is 24.3 Å². The zero-order valence-electron chi connectivity index (χ0n) is 14.3. The molecular weight excluding hydrogens is 258 g/mol. The fourth-order valence-electron chi connectivity index (χ4n) is 3.59. The van der Waals surface area contributed by atoms with Crippen molar-refractivity contribution in [2.45, 2.75) is 65.5 Å². The average Bonchev–Trinajstić information content (AvgIpc) is 2.46. The Kier molecular flexibility index (Phi) is 5.32. The molecule has 1 aromatic rings. The van der Waals surface area contributed by atoms with Crippen LogP contribution in [0.4, 0.5) is 0 Å². The highest BCUT2D eigenvalue weighted by molar-refractivity contribution is 5.35. The summed E-state index contributed by atoms with van der Waals surface area (Å²) in [6.07, 6.45) is 5.28. The van der Waals surface area contributed by atoms with Crippen LogP contribution in [0.5, 0.6) is 5.75 Å². The molecule has 21 heavy (non-hydrogen) atoms. The second-order valence-corrected chi connectivity index (χ2v) is 7.54. The fourth-order valence-corrected chi connectivity index (χ4v) is 3.59. The zero-order chi connectivity index (χ0) is 15.5. The van der Waals surface area contributed by atoms with Gasteiger partial charge < -0.3 is 10.1 Å². The molecule has 1 aromatic carbocycles. The predicted molar refractivity (Wildman–Crippen MR) is 89.7 cm³/mol. The summed E-state index contributed by atoms with van der Waals surface area (Å²) in [5.41, 5.74) is 1.72. The molecule has 1 atom stereocenters. The van der Waals surface area contributed by atoms with Crippen LogP contribution in [0.3, 0.4) is 0 Å². The molecule has 0 saturated heterocycles. The summed E-state index contributed by atoms with van der Waals surface area (Å²) in [6, 6.07) is 9.32. The van der Waals surface area contributed by atoms with Gasteiger partial charge in [-0.3, -0.25) is 0 Å². The summed E-state index contributed by atoms with van der Waals surface area (Å²) >= 11 is 0. The van der Waals surface area contributed by atoms with Crippen LogP contribution in [0, 0.1) is 11.3 Å². The smallest absolute Gasteiger partial charge is 0.123 e. The molecule has 0 radical (unpaired) electrons. The van der Waals surface area contributed by atoms with Crippen molar-refractivity contribution >= 4 is 0 Å². The molecule has 2 heteroatoms. The minimum absolute atomic E-state index is 0.345. The lowest BCUT2D eigenvalue weighted by Gasteiger charge is -2.38. The Labute approximate surface area is 130 Å². The van der Waals surface area contributed by atoms with Crippen LogP contribution in [0.1, 0.15) is 65.0 Å². The Morgan fingerprint density at radius 2 is 1.71 bits per heavy atom. The first-order valence-corrected chi connectivity index (χ1v) is 8.30. The van der Waals surface area contributed by atoms with Gasteiger partial charge in [0.1, 0.15) is 5.75 Å². The lowest BCUT2D eigenvalue weighted by molar-refractivity contribution is 0.156. The highest BCUT2D eigenvalue weighted by atomic mass is 16.5. The largest absolute Gasteiger partial charge is 0.496 e. The van der Waals surface area contributed by atoms with Gasteiger partial charge >= 0.3 is 0 Å². The van der Waals surface area contributed by atoms with Crippen molar-refractivity contribution in [3.63, 3.8) is 0 Å². The van der Waals surface area contributed by atoms with Gasteiger partial charge in [-0.05, 0) is 50.0 Å². The molecule has 118 valence electrons. The molecular formula is C19H31NO. The Morgan fingerprint density at radius 1 is 1.10 bits per heavy atom. The fraction of sp³-hybridized carbons (Fsp3) is 0.684. The highest BCUT2D eigenvalue weighted by Crippen LogP contribution is 2.38. The van der Waals surface area contributed by atoms with Crippen molar-refractivity contribution in [2.24, 2.45) is 11.3 Å². The quantitative estimate of drug-likeness (QED) is 0.846. The summed E-state index contributed by atoms with van der Waals surface area (Å²) in [6.45, 7) is 9.38. The van der Waals surface area contributed by atoms with E-state index in [1.54, 1.807) is 7.11 Å². The molecule has 2 rings (SSSR count). The van der Waals surface area contributed by atoms with Gasteiger partial charge in [-0.25, -0.2) is 0 Å². The lowest BCUT2D eigenvalue weighted by atomic mass is 9.71. The van der Waals surface area contributed by atoms with E-state index in [9.17, 15) is 0 Å². The first kappa shape index (κ1) is 16.4. The maximum Gasteiger partial charge on any atom is 0.123 e. The third-order valence-corrected chi connectivity index (χ3v) is 5.04. The molecule has 1 aliphatic carbocycles. The molecule has 2 nitrogen and oxygen atoms in total. The van der Waals surface area contributed by atoms with Crippen molar-refractivity contribution in [1.82, 2.24) is 5.32 Å². The van der Waals surface area contributed by atoms with E-state index in [1.165, 1.54) is 31.2 Å². The normalized spacial score (nSPS) is 24.6. The van der Waals surface area contributed by atoms with Crippen molar-refractivity contribution < 1.29 is 4.74 Å². The van der Waals surface area contributed by atoms with E-state index in [2.05, 4.69) is 45.1 Å². The Bertz CT molecular complexity index is 441.